The predicted octanol–water partition coefficient (Wildman–Crippen LogP) is 1.58. The predicted molar refractivity (Wildman–Crippen MR) is 106 cm³/mol. The minimum absolute atomic E-state index is 0.241. The molecule has 0 bridgehead atoms. The van der Waals surface area contributed by atoms with Gasteiger partial charge in [-0.1, -0.05) is 17.8 Å². The van der Waals surface area contributed by atoms with Gasteiger partial charge < -0.3 is 4.74 Å². The molecule has 1 atom stereocenters. The first-order chi connectivity index (χ1) is 12.5. The molecule has 1 aromatic carbocycles. The van der Waals surface area contributed by atoms with Crippen molar-refractivity contribution in [2.24, 2.45) is 10.1 Å². The molecule has 1 N–H and O–H groups in total. The van der Waals surface area contributed by atoms with Crippen molar-refractivity contribution in [2.75, 3.05) is 36.0 Å². The van der Waals surface area contributed by atoms with E-state index in [1.165, 1.54) is 10.6 Å². The first-order valence-corrected chi connectivity index (χ1v) is 11.6. The summed E-state index contributed by atoms with van der Waals surface area (Å²) in [5.74, 6) is 0.742. The normalized spacial score (nSPS) is 24.5. The maximum absolute atomic E-state index is 11.8. The van der Waals surface area contributed by atoms with Crippen molar-refractivity contribution < 1.29 is 13.2 Å². The van der Waals surface area contributed by atoms with Gasteiger partial charge in [0.2, 0.25) is 10.0 Å². The van der Waals surface area contributed by atoms with Crippen molar-refractivity contribution in [3.05, 3.63) is 29.3 Å². The fourth-order valence-corrected chi connectivity index (χ4v) is 5.15. The van der Waals surface area contributed by atoms with Crippen LogP contribution in [0.5, 0.6) is 0 Å². The lowest BCUT2D eigenvalue weighted by molar-refractivity contribution is 0.118. The molecule has 3 aliphatic heterocycles. The number of hydrazone groups is 1. The second-order valence-corrected chi connectivity index (χ2v) is 9.54. The molecule has 0 unspecified atom stereocenters. The zero-order chi connectivity index (χ0) is 18.1. The molecular formula is C17H22N4O3S2. The molecule has 9 heteroatoms. The van der Waals surface area contributed by atoms with Gasteiger partial charge in [0.15, 0.2) is 5.17 Å². The molecule has 0 aromatic heterocycles. The van der Waals surface area contributed by atoms with Gasteiger partial charge in [-0.3, -0.25) is 14.7 Å². The van der Waals surface area contributed by atoms with Gasteiger partial charge in [0.05, 0.1) is 30.3 Å². The van der Waals surface area contributed by atoms with Crippen LogP contribution < -0.4 is 9.73 Å². The molecule has 3 heterocycles. The Morgan fingerprint density at radius 2 is 2.35 bits per heavy atom. The van der Waals surface area contributed by atoms with E-state index in [9.17, 15) is 8.42 Å². The van der Waals surface area contributed by atoms with Gasteiger partial charge >= 0.3 is 0 Å². The molecular weight excluding hydrogens is 372 g/mol. The first kappa shape index (κ1) is 17.8. The SMILES string of the molecule is CS(=O)(=O)N1CCc2cc(C3=NNC(=NC[C@@H]4CCCO4)SC3)ccc21. The Hall–Kier alpha value is -1.58. The lowest BCUT2D eigenvalue weighted by Crippen LogP contribution is -2.27. The van der Waals surface area contributed by atoms with E-state index >= 15 is 0 Å². The van der Waals surface area contributed by atoms with E-state index < -0.39 is 10.0 Å². The van der Waals surface area contributed by atoms with Crippen LogP contribution in [0.25, 0.3) is 0 Å². The van der Waals surface area contributed by atoms with Gasteiger partial charge in [-0.15, -0.1) is 0 Å². The Bertz CT molecular complexity index is 861. The van der Waals surface area contributed by atoms with Crippen LogP contribution in [0.15, 0.2) is 28.3 Å². The molecule has 4 rings (SSSR count). The zero-order valence-corrected chi connectivity index (χ0v) is 16.3. The molecule has 7 nitrogen and oxygen atoms in total. The molecule has 0 radical (unpaired) electrons. The molecule has 0 aliphatic carbocycles. The Labute approximate surface area is 157 Å². The lowest BCUT2D eigenvalue weighted by atomic mass is 10.1. The van der Waals surface area contributed by atoms with Crippen LogP contribution in [-0.4, -0.2) is 57.1 Å². The van der Waals surface area contributed by atoms with Crippen molar-refractivity contribution in [1.29, 1.82) is 0 Å². The number of amidine groups is 1. The van der Waals surface area contributed by atoms with Crippen LogP contribution >= 0.6 is 11.8 Å². The summed E-state index contributed by atoms with van der Waals surface area (Å²) in [5, 5.41) is 5.29. The van der Waals surface area contributed by atoms with Crippen LogP contribution in [0, 0.1) is 0 Å². The quantitative estimate of drug-likeness (QED) is 0.838. The number of thioether (sulfide) groups is 1. The highest BCUT2D eigenvalue weighted by Crippen LogP contribution is 2.31. The lowest BCUT2D eigenvalue weighted by Gasteiger charge is -2.18. The summed E-state index contributed by atoms with van der Waals surface area (Å²) in [6, 6.07) is 5.88. The second kappa shape index (κ2) is 7.21. The zero-order valence-electron chi connectivity index (χ0n) is 14.6. The van der Waals surface area contributed by atoms with Crippen LogP contribution in [0.4, 0.5) is 5.69 Å². The van der Waals surface area contributed by atoms with E-state index in [0.717, 1.165) is 59.3 Å². The smallest absolute Gasteiger partial charge is 0.232 e. The Morgan fingerprint density at radius 3 is 3.04 bits per heavy atom. The molecule has 1 aromatic rings. The third-order valence-corrected chi connectivity index (χ3v) is 6.85. The van der Waals surface area contributed by atoms with Gasteiger partial charge in [0.1, 0.15) is 0 Å². The number of aliphatic imine (C=N–C) groups is 1. The topological polar surface area (TPSA) is 83.4 Å². The third kappa shape index (κ3) is 3.74. The molecule has 26 heavy (non-hydrogen) atoms. The van der Waals surface area contributed by atoms with E-state index in [-0.39, 0.29) is 6.10 Å². The molecule has 3 aliphatic rings. The average Bonchev–Trinajstić information content (AvgIpc) is 3.29. The molecule has 1 saturated heterocycles. The largest absolute Gasteiger partial charge is 0.376 e. The minimum Gasteiger partial charge on any atom is -0.376 e. The van der Waals surface area contributed by atoms with E-state index in [0.29, 0.717) is 13.1 Å². The number of fused-ring (bicyclic) bond motifs is 1. The summed E-state index contributed by atoms with van der Waals surface area (Å²) in [6.07, 6.45) is 4.42. The van der Waals surface area contributed by atoms with E-state index in [2.05, 4.69) is 21.6 Å². The molecule has 0 spiro atoms. The molecule has 1 fully saturated rings. The van der Waals surface area contributed by atoms with Crippen molar-refractivity contribution >= 4 is 38.4 Å². The van der Waals surface area contributed by atoms with Gasteiger partial charge in [0.25, 0.3) is 0 Å². The standard InChI is InChI=1S/C17H22N4O3S2/c1-26(22,23)21-7-6-13-9-12(4-5-16(13)21)15-11-25-17(20-19-15)18-10-14-3-2-8-24-14/h4-5,9,14H,2-3,6-8,10-11H2,1H3,(H,18,20)/t14-/m0/s1. The summed E-state index contributed by atoms with van der Waals surface area (Å²) >= 11 is 1.63. The number of hydrogen-bond acceptors (Lipinski definition) is 6. The van der Waals surface area contributed by atoms with E-state index in [1.807, 2.05) is 12.1 Å². The number of hydrogen-bond donors (Lipinski definition) is 1. The fraction of sp³-hybridized carbons (Fsp3) is 0.529. The summed E-state index contributed by atoms with van der Waals surface area (Å²) < 4.78 is 30.7. The average molecular weight is 395 g/mol. The van der Waals surface area contributed by atoms with Gasteiger partial charge in [-0.2, -0.15) is 5.10 Å². The first-order valence-electron chi connectivity index (χ1n) is 8.73. The fourth-order valence-electron chi connectivity index (χ4n) is 3.41. The Kier molecular flexibility index (Phi) is 4.94. The Morgan fingerprint density at radius 1 is 1.46 bits per heavy atom. The Balaban J connectivity index is 1.45. The van der Waals surface area contributed by atoms with Crippen molar-refractivity contribution in [1.82, 2.24) is 5.43 Å². The summed E-state index contributed by atoms with van der Waals surface area (Å²) in [7, 11) is -3.21. The van der Waals surface area contributed by atoms with Crippen molar-refractivity contribution in [3.63, 3.8) is 0 Å². The van der Waals surface area contributed by atoms with Gasteiger partial charge in [-0.05, 0) is 42.5 Å². The van der Waals surface area contributed by atoms with Crippen molar-refractivity contribution in [3.8, 4) is 0 Å². The third-order valence-electron chi connectivity index (χ3n) is 4.76. The summed E-state index contributed by atoms with van der Waals surface area (Å²) in [5.41, 5.74) is 6.85. The molecule has 0 amide bonds. The number of anilines is 1. The maximum Gasteiger partial charge on any atom is 0.232 e. The summed E-state index contributed by atoms with van der Waals surface area (Å²) in [6.45, 7) is 2.03. The van der Waals surface area contributed by atoms with Crippen molar-refractivity contribution in [2.45, 2.75) is 25.4 Å². The second-order valence-electron chi connectivity index (χ2n) is 6.67. The van der Waals surface area contributed by atoms with E-state index in [4.69, 9.17) is 4.74 Å². The van der Waals surface area contributed by atoms with Crippen LogP contribution in [0.3, 0.4) is 0 Å². The van der Waals surface area contributed by atoms with E-state index in [1.54, 1.807) is 11.8 Å². The molecule has 140 valence electrons. The number of ether oxygens (including phenoxy) is 1. The van der Waals surface area contributed by atoms with Gasteiger partial charge in [0, 0.05) is 18.9 Å². The number of benzene rings is 1. The molecule has 0 saturated carbocycles. The summed E-state index contributed by atoms with van der Waals surface area (Å²) in [4.78, 5) is 4.55. The van der Waals surface area contributed by atoms with Crippen LogP contribution in [-0.2, 0) is 21.2 Å². The number of nitrogens with zero attached hydrogens (tertiary/aromatic N) is 3. The number of nitrogens with one attached hydrogen (secondary N) is 1. The van der Waals surface area contributed by atoms with Crippen LogP contribution in [0.2, 0.25) is 0 Å². The highest BCUT2D eigenvalue weighted by Gasteiger charge is 2.27. The highest BCUT2D eigenvalue weighted by molar-refractivity contribution is 8.14. The minimum atomic E-state index is -3.21. The number of rotatable bonds is 4. The maximum atomic E-state index is 11.8. The highest BCUT2D eigenvalue weighted by atomic mass is 32.2. The number of sulfonamides is 1. The monoisotopic (exact) mass is 394 g/mol. The van der Waals surface area contributed by atoms with Crippen LogP contribution in [0.1, 0.15) is 24.0 Å². The van der Waals surface area contributed by atoms with Gasteiger partial charge in [-0.25, -0.2) is 8.42 Å².